The van der Waals surface area contributed by atoms with Crippen molar-refractivity contribution in [2.24, 2.45) is 0 Å². The molecule has 1 fully saturated rings. The molecule has 7 heteroatoms. The molecule has 0 radical (unpaired) electrons. The minimum Gasteiger partial charge on any atom is -0.507 e. The Labute approximate surface area is 177 Å². The number of ketones is 1. The number of hydrogen-bond acceptors (Lipinski definition) is 4. The molecule has 1 aliphatic heterocycles. The van der Waals surface area contributed by atoms with Gasteiger partial charge in [-0.3, -0.25) is 14.6 Å². The molecule has 150 valence electrons. The summed E-state index contributed by atoms with van der Waals surface area (Å²) in [5.41, 5.74) is 0.930. The number of benzene rings is 2. The average molecular weight is 423 g/mol. The van der Waals surface area contributed by atoms with Crippen molar-refractivity contribution < 1.29 is 19.1 Å². The molecule has 0 aliphatic carbocycles. The number of hydrogen-bond donors (Lipinski definition) is 1. The molecule has 1 N–H and O–H groups in total. The molecule has 0 unspecified atom stereocenters. The van der Waals surface area contributed by atoms with E-state index in [4.69, 9.17) is 11.6 Å². The molecular weight excluding hydrogens is 407 g/mol. The molecule has 0 spiro atoms. The van der Waals surface area contributed by atoms with Crippen molar-refractivity contribution in [1.29, 1.82) is 0 Å². The number of Topliss-reactive ketones (excluding diaryl/α,β-unsaturated/α-hetero) is 1. The maximum absolute atomic E-state index is 14.7. The smallest absolute Gasteiger partial charge is 0.295 e. The molecule has 30 heavy (non-hydrogen) atoms. The second kappa shape index (κ2) is 8.08. The van der Waals surface area contributed by atoms with Crippen LogP contribution in [0, 0.1) is 5.82 Å². The topological polar surface area (TPSA) is 70.5 Å². The van der Waals surface area contributed by atoms with Crippen LogP contribution >= 0.6 is 11.6 Å². The van der Waals surface area contributed by atoms with Gasteiger partial charge in [0.2, 0.25) is 0 Å². The van der Waals surface area contributed by atoms with E-state index in [1.807, 2.05) is 0 Å². The lowest BCUT2D eigenvalue weighted by atomic mass is 9.95. The number of carbonyl (C=O) groups is 2. The van der Waals surface area contributed by atoms with Crippen LogP contribution in [-0.4, -0.2) is 26.7 Å². The van der Waals surface area contributed by atoms with Crippen LogP contribution in [0.4, 0.5) is 4.39 Å². The maximum atomic E-state index is 14.7. The first-order chi connectivity index (χ1) is 14.5. The molecule has 4 rings (SSSR count). The SMILES string of the molecule is O=C1C(=O)N(Cc2cccnc2)[C@H](c2ccccc2F)C1=C(O)c1ccc(Cl)cc1. The minimum absolute atomic E-state index is 0.0365. The lowest BCUT2D eigenvalue weighted by Gasteiger charge is -2.25. The Bertz CT molecular complexity index is 1150. The zero-order valence-corrected chi connectivity index (χ0v) is 16.4. The van der Waals surface area contributed by atoms with E-state index in [9.17, 15) is 19.1 Å². The van der Waals surface area contributed by atoms with Crippen LogP contribution in [0.5, 0.6) is 0 Å². The Hall–Kier alpha value is -3.51. The Morgan fingerprint density at radius 1 is 1.07 bits per heavy atom. The quantitative estimate of drug-likeness (QED) is 0.382. The third kappa shape index (κ3) is 3.57. The summed E-state index contributed by atoms with van der Waals surface area (Å²) in [5, 5.41) is 11.4. The van der Waals surface area contributed by atoms with Gasteiger partial charge in [0.15, 0.2) is 0 Å². The van der Waals surface area contributed by atoms with E-state index < -0.39 is 23.5 Å². The Morgan fingerprint density at radius 2 is 1.80 bits per heavy atom. The highest BCUT2D eigenvalue weighted by Crippen LogP contribution is 2.41. The molecular formula is C23H16ClFN2O3. The molecule has 1 amide bonds. The van der Waals surface area contributed by atoms with Gasteiger partial charge in [-0.1, -0.05) is 35.9 Å². The van der Waals surface area contributed by atoms with Crippen molar-refractivity contribution in [1.82, 2.24) is 9.88 Å². The molecule has 1 atom stereocenters. The number of halogens is 2. The van der Waals surface area contributed by atoms with Gasteiger partial charge >= 0.3 is 0 Å². The number of aliphatic hydroxyl groups excluding tert-OH is 1. The van der Waals surface area contributed by atoms with Crippen molar-refractivity contribution in [3.63, 3.8) is 0 Å². The molecule has 2 aromatic carbocycles. The van der Waals surface area contributed by atoms with E-state index in [1.54, 1.807) is 42.7 Å². The van der Waals surface area contributed by atoms with Crippen LogP contribution in [0.2, 0.25) is 5.02 Å². The largest absolute Gasteiger partial charge is 0.507 e. The summed E-state index contributed by atoms with van der Waals surface area (Å²) in [6.45, 7) is 0.0365. The highest BCUT2D eigenvalue weighted by Gasteiger charge is 2.46. The second-order valence-corrected chi connectivity index (χ2v) is 7.25. The van der Waals surface area contributed by atoms with Crippen molar-refractivity contribution in [3.05, 3.63) is 106 Å². The van der Waals surface area contributed by atoms with Gasteiger partial charge in [0.1, 0.15) is 11.6 Å². The fourth-order valence-corrected chi connectivity index (χ4v) is 3.64. The fraction of sp³-hybridized carbons (Fsp3) is 0.0870. The molecule has 2 heterocycles. The van der Waals surface area contributed by atoms with Gasteiger partial charge in [-0.05, 0) is 42.0 Å². The van der Waals surface area contributed by atoms with Crippen molar-refractivity contribution in [3.8, 4) is 0 Å². The molecule has 1 aromatic heterocycles. The van der Waals surface area contributed by atoms with Crippen LogP contribution in [0.25, 0.3) is 5.76 Å². The zero-order chi connectivity index (χ0) is 21.3. The van der Waals surface area contributed by atoms with Gasteiger partial charge in [-0.15, -0.1) is 0 Å². The molecule has 0 bridgehead atoms. The molecule has 3 aromatic rings. The lowest BCUT2D eigenvalue weighted by molar-refractivity contribution is -0.140. The van der Waals surface area contributed by atoms with Crippen LogP contribution < -0.4 is 0 Å². The fourth-order valence-electron chi connectivity index (χ4n) is 3.51. The highest BCUT2D eigenvalue weighted by atomic mass is 35.5. The predicted octanol–water partition coefficient (Wildman–Crippen LogP) is 4.50. The molecule has 1 aliphatic rings. The van der Waals surface area contributed by atoms with Crippen LogP contribution in [0.3, 0.4) is 0 Å². The Morgan fingerprint density at radius 3 is 2.47 bits per heavy atom. The van der Waals surface area contributed by atoms with E-state index in [0.717, 1.165) is 0 Å². The Kier molecular flexibility index (Phi) is 5.33. The van der Waals surface area contributed by atoms with Gasteiger partial charge in [0.25, 0.3) is 11.7 Å². The third-order valence-electron chi connectivity index (χ3n) is 4.93. The number of rotatable bonds is 4. The normalized spacial score (nSPS) is 18.1. The average Bonchev–Trinajstić information content (AvgIpc) is 3.00. The number of likely N-dealkylation sites (tertiary alicyclic amines) is 1. The molecule has 1 saturated heterocycles. The van der Waals surface area contributed by atoms with Crippen LogP contribution in [-0.2, 0) is 16.1 Å². The summed E-state index contributed by atoms with van der Waals surface area (Å²) in [7, 11) is 0. The number of amides is 1. The van der Waals surface area contributed by atoms with E-state index in [2.05, 4.69) is 4.98 Å². The van der Waals surface area contributed by atoms with E-state index >= 15 is 0 Å². The first-order valence-electron chi connectivity index (χ1n) is 9.15. The summed E-state index contributed by atoms with van der Waals surface area (Å²) in [4.78, 5) is 31.1. The van der Waals surface area contributed by atoms with Crippen molar-refractivity contribution >= 4 is 29.1 Å². The first-order valence-corrected chi connectivity index (χ1v) is 9.53. The molecule has 0 saturated carbocycles. The second-order valence-electron chi connectivity index (χ2n) is 6.82. The summed E-state index contributed by atoms with van der Waals surface area (Å²) >= 11 is 5.90. The summed E-state index contributed by atoms with van der Waals surface area (Å²) in [6.07, 6.45) is 3.16. The van der Waals surface area contributed by atoms with Crippen LogP contribution in [0.15, 0.2) is 78.6 Å². The van der Waals surface area contributed by atoms with Gasteiger partial charge in [0.05, 0.1) is 11.6 Å². The monoisotopic (exact) mass is 422 g/mol. The number of pyridine rings is 1. The standard InChI is InChI=1S/C23H16ClFN2O3/c24-16-9-7-15(8-10-16)21(28)19-20(17-5-1-2-6-18(17)25)27(23(30)22(19)29)13-14-4-3-11-26-12-14/h1-12,20,28H,13H2/t20-/m1/s1. The van der Waals surface area contributed by atoms with Gasteiger partial charge in [-0.25, -0.2) is 4.39 Å². The third-order valence-corrected chi connectivity index (χ3v) is 5.19. The van der Waals surface area contributed by atoms with Crippen molar-refractivity contribution in [2.75, 3.05) is 0 Å². The van der Waals surface area contributed by atoms with Gasteiger partial charge < -0.3 is 10.0 Å². The number of aliphatic hydroxyl groups is 1. The van der Waals surface area contributed by atoms with E-state index in [-0.39, 0.29) is 23.4 Å². The van der Waals surface area contributed by atoms with E-state index in [1.165, 1.54) is 35.2 Å². The summed E-state index contributed by atoms with van der Waals surface area (Å²) < 4.78 is 14.7. The summed E-state index contributed by atoms with van der Waals surface area (Å²) in [6, 6.07) is 14.4. The lowest BCUT2D eigenvalue weighted by Crippen LogP contribution is -2.29. The zero-order valence-electron chi connectivity index (χ0n) is 15.6. The predicted molar refractivity (Wildman–Crippen MR) is 110 cm³/mol. The highest BCUT2D eigenvalue weighted by molar-refractivity contribution is 6.46. The number of carbonyl (C=O) groups excluding carboxylic acids is 2. The summed E-state index contributed by atoms with van der Waals surface area (Å²) in [5.74, 6) is -2.66. The number of nitrogens with zero attached hydrogens (tertiary/aromatic N) is 2. The first kappa shape index (κ1) is 19.8. The van der Waals surface area contributed by atoms with Gasteiger partial charge in [0, 0.05) is 35.1 Å². The number of aromatic nitrogens is 1. The van der Waals surface area contributed by atoms with E-state index in [0.29, 0.717) is 16.1 Å². The van der Waals surface area contributed by atoms with Crippen LogP contribution in [0.1, 0.15) is 22.7 Å². The molecule has 5 nitrogen and oxygen atoms in total. The Balaban J connectivity index is 1.88. The van der Waals surface area contributed by atoms with Gasteiger partial charge in [-0.2, -0.15) is 0 Å². The minimum atomic E-state index is -1.08. The van der Waals surface area contributed by atoms with Crippen molar-refractivity contribution in [2.45, 2.75) is 12.6 Å². The maximum Gasteiger partial charge on any atom is 0.295 e.